The minimum absolute atomic E-state index is 0.372. The molecule has 2 fully saturated rings. The first-order valence-corrected chi connectivity index (χ1v) is 6.86. The van der Waals surface area contributed by atoms with Crippen LogP contribution in [0.3, 0.4) is 0 Å². The van der Waals surface area contributed by atoms with Crippen LogP contribution in [0.2, 0.25) is 0 Å². The number of likely N-dealkylation sites (tertiary alicyclic amines) is 1. The molecule has 1 aromatic heterocycles. The van der Waals surface area contributed by atoms with Crippen LogP contribution in [0.4, 0.5) is 5.69 Å². The van der Waals surface area contributed by atoms with Gasteiger partial charge in [-0.15, -0.1) is 0 Å². The molecule has 6 heteroatoms. The Bertz CT molecular complexity index is 530. The maximum Gasteiger partial charge on any atom is 0.245 e. The van der Waals surface area contributed by atoms with Crippen molar-refractivity contribution in [2.45, 2.75) is 12.1 Å². The molecule has 3 heterocycles. The molecule has 0 aromatic carbocycles. The van der Waals surface area contributed by atoms with Gasteiger partial charge in [0.25, 0.3) is 0 Å². The van der Waals surface area contributed by atoms with E-state index in [1.165, 1.54) is 19.9 Å². The molecule has 106 valence electrons. The number of rotatable bonds is 4. The van der Waals surface area contributed by atoms with Crippen molar-refractivity contribution < 1.29 is 15.2 Å². The van der Waals surface area contributed by atoms with Crippen LogP contribution in [0.5, 0.6) is 5.75 Å². The zero-order valence-electron chi connectivity index (χ0n) is 11.5. The second-order valence-electron chi connectivity index (χ2n) is 5.52. The molecule has 6 nitrogen and oxygen atoms in total. The van der Waals surface area contributed by atoms with Crippen molar-refractivity contribution in [1.82, 2.24) is 9.88 Å². The molecule has 3 N–H and O–H groups in total. The Labute approximate surface area is 118 Å². The van der Waals surface area contributed by atoms with Crippen molar-refractivity contribution in [3.05, 3.63) is 29.4 Å². The SMILES string of the molecule is [C-]#[N+]c1cnc([C@@H](O)CN2CC3C[NH2+]C3C2)cc1OC. The lowest BCUT2D eigenvalue weighted by atomic mass is 9.96. The second kappa shape index (κ2) is 5.37. The van der Waals surface area contributed by atoms with Crippen LogP contribution in [0.15, 0.2) is 12.3 Å². The van der Waals surface area contributed by atoms with Crippen molar-refractivity contribution in [1.29, 1.82) is 0 Å². The van der Waals surface area contributed by atoms with Crippen molar-refractivity contribution in [3.8, 4) is 5.75 Å². The smallest absolute Gasteiger partial charge is 0.245 e. The minimum atomic E-state index is -0.638. The van der Waals surface area contributed by atoms with Crippen molar-refractivity contribution in [2.24, 2.45) is 5.92 Å². The largest absolute Gasteiger partial charge is 0.508 e. The summed E-state index contributed by atoms with van der Waals surface area (Å²) in [7, 11) is 1.52. The van der Waals surface area contributed by atoms with E-state index >= 15 is 0 Å². The first kappa shape index (κ1) is 13.3. The highest BCUT2D eigenvalue weighted by molar-refractivity contribution is 5.56. The monoisotopic (exact) mass is 275 g/mol. The Balaban J connectivity index is 1.67. The van der Waals surface area contributed by atoms with Crippen LogP contribution < -0.4 is 10.1 Å². The summed E-state index contributed by atoms with van der Waals surface area (Å²) in [6.07, 6.45) is 0.826. The number of ether oxygens (including phenoxy) is 1. The zero-order valence-corrected chi connectivity index (χ0v) is 11.5. The van der Waals surface area contributed by atoms with Crippen LogP contribution in [0.25, 0.3) is 4.85 Å². The van der Waals surface area contributed by atoms with E-state index in [0.29, 0.717) is 29.7 Å². The number of fused-ring (bicyclic) bond motifs is 1. The van der Waals surface area contributed by atoms with Crippen molar-refractivity contribution >= 4 is 5.69 Å². The Morgan fingerprint density at radius 3 is 3.05 bits per heavy atom. The first-order valence-electron chi connectivity index (χ1n) is 6.86. The van der Waals surface area contributed by atoms with Crippen molar-refractivity contribution in [3.63, 3.8) is 0 Å². The van der Waals surface area contributed by atoms with E-state index in [-0.39, 0.29) is 0 Å². The summed E-state index contributed by atoms with van der Waals surface area (Å²) in [6, 6.07) is 2.38. The van der Waals surface area contributed by atoms with Gasteiger partial charge in [0.2, 0.25) is 5.69 Å². The lowest BCUT2D eigenvalue weighted by Crippen LogP contribution is -3.02. The molecule has 3 rings (SSSR count). The third-order valence-corrected chi connectivity index (χ3v) is 4.29. The molecule has 2 aliphatic rings. The number of aromatic nitrogens is 1. The predicted octanol–water partition coefficient (Wildman–Crippen LogP) is -0.448. The number of β-amino-alcohol motifs (C(OH)–C–C–N with tert-alkyl or cyclic N) is 1. The molecular weight excluding hydrogens is 256 g/mol. The normalized spacial score (nSPS) is 26.4. The molecule has 20 heavy (non-hydrogen) atoms. The Kier molecular flexibility index (Phi) is 3.57. The van der Waals surface area contributed by atoms with E-state index in [1.54, 1.807) is 6.07 Å². The summed E-state index contributed by atoms with van der Waals surface area (Å²) in [5.41, 5.74) is 0.940. The molecule has 3 atom stereocenters. The number of hydrogen-bond donors (Lipinski definition) is 2. The number of nitrogens with two attached hydrogens (primary N) is 1. The summed E-state index contributed by atoms with van der Waals surface area (Å²) in [4.78, 5) is 9.81. The highest BCUT2D eigenvalue weighted by atomic mass is 16.5. The summed E-state index contributed by atoms with van der Waals surface area (Å²) in [6.45, 7) is 10.9. The van der Waals surface area contributed by atoms with E-state index in [9.17, 15) is 5.11 Å². The van der Waals surface area contributed by atoms with Crippen LogP contribution in [0.1, 0.15) is 11.8 Å². The number of aliphatic hydroxyl groups excluding tert-OH is 1. The standard InChI is InChI=1S/C14H18N4O2/c1-15-11-5-17-10(3-14(11)20-2)13(19)8-18-6-9-4-16-12(9)7-18/h3,5,9,12-13,16,19H,4,6-8H2,2H3/p+1/t9?,12?,13-/m0/s1. The maximum absolute atomic E-state index is 10.3. The number of pyridine rings is 1. The highest BCUT2D eigenvalue weighted by Crippen LogP contribution is 2.29. The molecular formula is C14H19N4O2+. The van der Waals surface area contributed by atoms with Crippen LogP contribution >= 0.6 is 0 Å². The topological polar surface area (TPSA) is 66.6 Å². The number of methoxy groups -OCH3 is 1. The van der Waals surface area contributed by atoms with Crippen molar-refractivity contribution in [2.75, 3.05) is 33.3 Å². The molecule has 2 saturated heterocycles. The molecule has 0 spiro atoms. The summed E-state index contributed by atoms with van der Waals surface area (Å²) in [5.74, 6) is 1.26. The second-order valence-corrected chi connectivity index (χ2v) is 5.52. The van der Waals surface area contributed by atoms with Gasteiger partial charge < -0.3 is 15.2 Å². The number of aliphatic hydroxyl groups is 1. The van der Waals surface area contributed by atoms with Gasteiger partial charge in [-0.25, -0.2) is 4.85 Å². The zero-order chi connectivity index (χ0) is 14.1. The molecule has 2 unspecified atom stereocenters. The van der Waals surface area contributed by atoms with Gasteiger partial charge in [-0.3, -0.25) is 9.88 Å². The fourth-order valence-corrected chi connectivity index (χ4v) is 3.02. The fraction of sp³-hybridized carbons (Fsp3) is 0.571. The highest BCUT2D eigenvalue weighted by Gasteiger charge is 2.43. The Morgan fingerprint density at radius 1 is 1.65 bits per heavy atom. The van der Waals surface area contributed by atoms with E-state index < -0.39 is 6.10 Å². The quantitative estimate of drug-likeness (QED) is 0.731. The average molecular weight is 275 g/mol. The number of hydrogen-bond acceptors (Lipinski definition) is 4. The molecule has 2 aliphatic heterocycles. The summed E-state index contributed by atoms with van der Waals surface area (Å²) < 4.78 is 5.16. The van der Waals surface area contributed by atoms with Gasteiger partial charge in [-0.2, -0.15) is 0 Å². The molecule has 0 amide bonds. The van der Waals surface area contributed by atoms with Gasteiger partial charge in [0.15, 0.2) is 0 Å². The predicted molar refractivity (Wildman–Crippen MR) is 72.5 cm³/mol. The average Bonchev–Trinajstić information content (AvgIpc) is 2.73. The lowest BCUT2D eigenvalue weighted by molar-refractivity contribution is -0.753. The van der Waals surface area contributed by atoms with Crippen LogP contribution in [0, 0.1) is 12.5 Å². The third kappa shape index (κ3) is 2.36. The third-order valence-electron chi connectivity index (χ3n) is 4.29. The molecule has 0 aliphatic carbocycles. The first-order chi connectivity index (χ1) is 9.71. The maximum atomic E-state index is 10.3. The van der Waals surface area contributed by atoms with E-state index in [1.807, 2.05) is 0 Å². The summed E-state index contributed by atoms with van der Waals surface area (Å²) >= 11 is 0. The number of nitrogens with zero attached hydrogens (tertiary/aromatic N) is 3. The van der Waals surface area contributed by atoms with Gasteiger partial charge in [0.1, 0.15) is 17.9 Å². The van der Waals surface area contributed by atoms with Gasteiger partial charge in [0.05, 0.1) is 38.4 Å². The van der Waals surface area contributed by atoms with Crippen LogP contribution in [-0.2, 0) is 0 Å². The summed E-state index contributed by atoms with van der Waals surface area (Å²) in [5, 5.41) is 12.7. The molecule has 1 aromatic rings. The Hall–Kier alpha value is -1.68. The van der Waals surface area contributed by atoms with E-state index in [4.69, 9.17) is 11.3 Å². The molecule has 0 radical (unpaired) electrons. The molecule has 0 saturated carbocycles. The lowest BCUT2D eigenvalue weighted by Gasteiger charge is -2.25. The fourth-order valence-electron chi connectivity index (χ4n) is 3.02. The Morgan fingerprint density at radius 2 is 2.50 bits per heavy atom. The minimum Gasteiger partial charge on any atom is -0.508 e. The van der Waals surface area contributed by atoms with Gasteiger partial charge in [-0.05, 0) is 6.07 Å². The number of quaternary nitrogens is 1. The van der Waals surface area contributed by atoms with Gasteiger partial charge >= 0.3 is 0 Å². The van der Waals surface area contributed by atoms with E-state index in [2.05, 4.69) is 20.0 Å². The van der Waals surface area contributed by atoms with Crippen LogP contribution in [-0.4, -0.2) is 54.3 Å². The van der Waals surface area contributed by atoms with Gasteiger partial charge in [0, 0.05) is 19.3 Å². The van der Waals surface area contributed by atoms with Gasteiger partial charge in [-0.1, -0.05) is 0 Å². The van der Waals surface area contributed by atoms with E-state index in [0.717, 1.165) is 19.0 Å². The molecule has 0 bridgehead atoms.